The number of esters is 1. The summed E-state index contributed by atoms with van der Waals surface area (Å²) in [6, 6.07) is 26.0. The molecule has 5 heteroatoms. The zero-order valence-electron chi connectivity index (χ0n) is 17.6. The summed E-state index contributed by atoms with van der Waals surface area (Å²) in [5, 5.41) is 2.84. The number of ether oxygens (including phenoxy) is 2. The van der Waals surface area contributed by atoms with Crippen molar-refractivity contribution in [2.75, 3.05) is 13.7 Å². The highest BCUT2D eigenvalue weighted by atomic mass is 16.5. The van der Waals surface area contributed by atoms with Crippen molar-refractivity contribution in [3.05, 3.63) is 102 Å². The number of rotatable bonds is 8. The van der Waals surface area contributed by atoms with Gasteiger partial charge in [0.05, 0.1) is 18.7 Å². The van der Waals surface area contributed by atoms with Crippen LogP contribution < -0.4 is 10.1 Å². The van der Waals surface area contributed by atoms with Gasteiger partial charge in [0.15, 0.2) is 6.61 Å². The van der Waals surface area contributed by atoms with Crippen molar-refractivity contribution in [3.8, 4) is 5.75 Å². The Kier molecular flexibility index (Phi) is 7.60. The minimum Gasteiger partial charge on any atom is -0.496 e. The van der Waals surface area contributed by atoms with Gasteiger partial charge >= 0.3 is 5.97 Å². The molecule has 0 aliphatic carbocycles. The molecule has 0 heterocycles. The van der Waals surface area contributed by atoms with Gasteiger partial charge in [-0.05, 0) is 30.2 Å². The van der Waals surface area contributed by atoms with Crippen LogP contribution in [0.5, 0.6) is 5.75 Å². The maximum absolute atomic E-state index is 12.9. The second kappa shape index (κ2) is 10.8. The van der Waals surface area contributed by atoms with Crippen molar-refractivity contribution in [2.45, 2.75) is 13.0 Å². The molecule has 3 aromatic rings. The van der Waals surface area contributed by atoms with E-state index >= 15 is 0 Å². The van der Waals surface area contributed by atoms with E-state index in [1.807, 2.05) is 91.9 Å². The number of carbonyl (C=O) groups excluding carboxylic acids is 2. The van der Waals surface area contributed by atoms with E-state index in [9.17, 15) is 9.59 Å². The Hall–Kier alpha value is -3.86. The fourth-order valence-electron chi connectivity index (χ4n) is 3.14. The minimum absolute atomic E-state index is 0.190. The van der Waals surface area contributed by atoms with E-state index in [0.29, 0.717) is 16.9 Å². The molecule has 1 atom stereocenters. The first kappa shape index (κ1) is 21.8. The van der Waals surface area contributed by atoms with E-state index in [2.05, 4.69) is 5.32 Å². The molecule has 0 bridgehead atoms. The molecule has 31 heavy (non-hydrogen) atoms. The van der Waals surface area contributed by atoms with E-state index in [0.717, 1.165) is 11.1 Å². The lowest BCUT2D eigenvalue weighted by Crippen LogP contribution is -2.31. The number of hydrogen-bond donors (Lipinski definition) is 1. The summed E-state index contributed by atoms with van der Waals surface area (Å²) in [6.07, 6.45) is 1.71. The van der Waals surface area contributed by atoms with Crippen LogP contribution in [0, 0.1) is 0 Å². The summed E-state index contributed by atoms with van der Waals surface area (Å²) in [4.78, 5) is 25.2. The Balaban J connectivity index is 1.73. The highest BCUT2D eigenvalue weighted by Gasteiger charge is 2.17. The Labute approximate surface area is 182 Å². The molecule has 0 aliphatic rings. The molecule has 3 rings (SSSR count). The molecule has 0 aromatic heterocycles. The lowest BCUT2D eigenvalue weighted by molar-refractivity contribution is -0.143. The standard InChI is InChI=1S/C26H25NO4/c1-19(20-11-5-3-6-12-20)27-25(28)18-31-26(29)23(21-13-7-4-8-14-21)17-22-15-9-10-16-24(22)30-2/h3-17,19H,18H2,1-2H3,(H,27,28)/b23-17+/t19-/m1/s1. The molecule has 0 fully saturated rings. The molecule has 0 saturated carbocycles. The van der Waals surface area contributed by atoms with Crippen LogP contribution in [0.1, 0.15) is 29.7 Å². The molecular formula is C26H25NO4. The van der Waals surface area contributed by atoms with Gasteiger partial charge < -0.3 is 14.8 Å². The van der Waals surface area contributed by atoms with Gasteiger partial charge in [0.25, 0.3) is 5.91 Å². The second-order valence-electron chi connectivity index (χ2n) is 6.94. The quantitative estimate of drug-likeness (QED) is 0.330. The topological polar surface area (TPSA) is 64.6 Å². The van der Waals surface area contributed by atoms with Crippen LogP contribution in [0.15, 0.2) is 84.9 Å². The predicted octanol–water partition coefficient (Wildman–Crippen LogP) is 4.66. The molecule has 1 N–H and O–H groups in total. The van der Waals surface area contributed by atoms with Crippen LogP contribution >= 0.6 is 0 Å². The predicted molar refractivity (Wildman–Crippen MR) is 121 cm³/mol. The normalized spacial score (nSPS) is 12.0. The van der Waals surface area contributed by atoms with Crippen LogP contribution in [0.3, 0.4) is 0 Å². The molecule has 0 aliphatic heterocycles. The lowest BCUT2D eigenvalue weighted by atomic mass is 10.0. The molecular weight excluding hydrogens is 390 g/mol. The minimum atomic E-state index is -0.584. The highest BCUT2D eigenvalue weighted by molar-refractivity contribution is 6.22. The van der Waals surface area contributed by atoms with Crippen LogP contribution in [0.25, 0.3) is 11.6 Å². The summed E-state index contributed by atoms with van der Waals surface area (Å²) in [5.41, 5.74) is 2.75. The van der Waals surface area contributed by atoms with Crippen molar-refractivity contribution in [2.24, 2.45) is 0 Å². The molecule has 5 nitrogen and oxygen atoms in total. The first-order valence-corrected chi connectivity index (χ1v) is 10.00. The van der Waals surface area contributed by atoms with E-state index in [1.54, 1.807) is 13.2 Å². The Bertz CT molecular complexity index is 1050. The average molecular weight is 415 g/mol. The van der Waals surface area contributed by atoms with Gasteiger partial charge in [-0.25, -0.2) is 4.79 Å². The zero-order chi connectivity index (χ0) is 22.1. The van der Waals surface area contributed by atoms with Crippen molar-refractivity contribution in [1.29, 1.82) is 0 Å². The SMILES string of the molecule is COc1ccccc1/C=C(/C(=O)OCC(=O)N[C@H](C)c1ccccc1)c1ccccc1. The molecule has 0 saturated heterocycles. The Morgan fingerprint density at radius 2 is 1.52 bits per heavy atom. The van der Waals surface area contributed by atoms with Gasteiger partial charge in [-0.15, -0.1) is 0 Å². The van der Waals surface area contributed by atoms with Gasteiger partial charge in [0, 0.05) is 5.56 Å². The molecule has 0 radical (unpaired) electrons. The van der Waals surface area contributed by atoms with Crippen LogP contribution in [0.4, 0.5) is 0 Å². The highest BCUT2D eigenvalue weighted by Crippen LogP contribution is 2.25. The largest absolute Gasteiger partial charge is 0.496 e. The third-order valence-corrected chi connectivity index (χ3v) is 4.75. The zero-order valence-corrected chi connectivity index (χ0v) is 17.6. The van der Waals surface area contributed by atoms with Crippen LogP contribution in [-0.4, -0.2) is 25.6 Å². The van der Waals surface area contributed by atoms with Crippen molar-refractivity contribution < 1.29 is 19.1 Å². The number of amides is 1. The molecule has 1 amide bonds. The molecule has 158 valence electrons. The summed E-state index contributed by atoms with van der Waals surface area (Å²) >= 11 is 0. The monoisotopic (exact) mass is 415 g/mol. The van der Waals surface area contributed by atoms with E-state index in [1.165, 1.54) is 0 Å². The van der Waals surface area contributed by atoms with Gasteiger partial charge in [-0.2, -0.15) is 0 Å². The maximum Gasteiger partial charge on any atom is 0.339 e. The number of para-hydroxylation sites is 1. The lowest BCUT2D eigenvalue weighted by Gasteiger charge is -2.15. The fourth-order valence-corrected chi connectivity index (χ4v) is 3.14. The number of nitrogens with one attached hydrogen (secondary N) is 1. The Morgan fingerprint density at radius 1 is 0.903 bits per heavy atom. The summed E-state index contributed by atoms with van der Waals surface area (Å²) in [5.74, 6) is -0.313. The van der Waals surface area contributed by atoms with Crippen molar-refractivity contribution >= 4 is 23.5 Å². The van der Waals surface area contributed by atoms with Gasteiger partial charge in [-0.3, -0.25) is 4.79 Å². The number of methoxy groups -OCH3 is 1. The first-order valence-electron chi connectivity index (χ1n) is 10.00. The van der Waals surface area contributed by atoms with Crippen LogP contribution in [-0.2, 0) is 14.3 Å². The fraction of sp³-hybridized carbons (Fsp3) is 0.154. The smallest absolute Gasteiger partial charge is 0.339 e. The van der Waals surface area contributed by atoms with E-state index < -0.39 is 5.97 Å². The Morgan fingerprint density at radius 3 is 2.19 bits per heavy atom. The first-order chi connectivity index (χ1) is 15.1. The van der Waals surface area contributed by atoms with Gasteiger partial charge in [0.1, 0.15) is 5.75 Å². The third-order valence-electron chi connectivity index (χ3n) is 4.75. The van der Waals surface area contributed by atoms with E-state index in [4.69, 9.17) is 9.47 Å². The molecule has 0 unspecified atom stereocenters. The molecule has 0 spiro atoms. The van der Waals surface area contributed by atoms with Gasteiger partial charge in [-0.1, -0.05) is 78.9 Å². The van der Waals surface area contributed by atoms with Crippen molar-refractivity contribution in [1.82, 2.24) is 5.32 Å². The number of benzene rings is 3. The summed E-state index contributed by atoms with van der Waals surface area (Å²) < 4.78 is 10.7. The maximum atomic E-state index is 12.9. The number of hydrogen-bond acceptors (Lipinski definition) is 4. The molecule has 3 aromatic carbocycles. The average Bonchev–Trinajstić information content (AvgIpc) is 2.82. The summed E-state index contributed by atoms with van der Waals surface area (Å²) in [6.45, 7) is 1.51. The second-order valence-corrected chi connectivity index (χ2v) is 6.94. The number of carbonyl (C=O) groups is 2. The third kappa shape index (κ3) is 6.06. The van der Waals surface area contributed by atoms with Crippen molar-refractivity contribution in [3.63, 3.8) is 0 Å². The summed E-state index contributed by atoms with van der Waals surface area (Å²) in [7, 11) is 1.57. The van der Waals surface area contributed by atoms with E-state index in [-0.39, 0.29) is 18.6 Å². The van der Waals surface area contributed by atoms with Crippen LogP contribution in [0.2, 0.25) is 0 Å². The van der Waals surface area contributed by atoms with Gasteiger partial charge in [0.2, 0.25) is 0 Å².